The molecule has 2 amide bonds. The molecule has 0 aliphatic carbocycles. The van der Waals surface area contributed by atoms with Crippen molar-refractivity contribution in [2.45, 2.75) is 19.0 Å². The maximum Gasteiger partial charge on any atom is 0.275 e. The molecule has 3 heterocycles. The fraction of sp³-hybridized carbons (Fsp3) is 0.275. The van der Waals surface area contributed by atoms with Crippen LogP contribution < -0.4 is 9.62 Å². The summed E-state index contributed by atoms with van der Waals surface area (Å²) in [4.78, 5) is 38.7. The Kier molecular flexibility index (Phi) is 10.5. The molecule has 2 fully saturated rings. The Morgan fingerprint density at radius 3 is 2.21 bits per heavy atom. The fourth-order valence-electron chi connectivity index (χ4n) is 7.01. The molecule has 12 heteroatoms. The molecule has 1 aromatic heterocycles. The number of nitrogens with one attached hydrogen (secondary N) is 1. The van der Waals surface area contributed by atoms with Gasteiger partial charge in [0.15, 0.2) is 5.69 Å². The first-order valence-electron chi connectivity index (χ1n) is 17.5. The van der Waals surface area contributed by atoms with Crippen molar-refractivity contribution in [2.24, 2.45) is 0 Å². The van der Waals surface area contributed by atoms with Crippen LogP contribution in [0.25, 0.3) is 16.9 Å². The summed E-state index contributed by atoms with van der Waals surface area (Å²) in [6.45, 7) is 5.61. The lowest BCUT2D eigenvalue weighted by Gasteiger charge is -2.41. The SMILES string of the molecule is CS(=O)(=O)NC(=O)c1ccc(C[C@@H]2CN(Cc3ccccc3)CCN2C(=O)c2ncn(-c3cccc(N4CCOCC4)c3)c2-c2ccccc2)cc1. The zero-order chi connectivity index (χ0) is 36.1. The predicted octanol–water partition coefficient (Wildman–Crippen LogP) is 4.63. The third-order valence-electron chi connectivity index (χ3n) is 9.54. The van der Waals surface area contributed by atoms with Gasteiger partial charge in [-0.05, 0) is 47.9 Å². The highest BCUT2D eigenvalue weighted by Gasteiger charge is 2.34. The second-order valence-electron chi connectivity index (χ2n) is 13.3. The maximum absolute atomic E-state index is 14.8. The molecule has 0 spiro atoms. The lowest BCUT2D eigenvalue weighted by atomic mass is 9.99. The van der Waals surface area contributed by atoms with E-state index in [1.54, 1.807) is 18.5 Å². The molecule has 0 radical (unpaired) electrons. The molecule has 52 heavy (non-hydrogen) atoms. The van der Waals surface area contributed by atoms with E-state index < -0.39 is 15.9 Å². The number of morpholine rings is 1. The Hall–Kier alpha value is -5.30. The smallest absolute Gasteiger partial charge is 0.275 e. The van der Waals surface area contributed by atoms with Gasteiger partial charge in [-0.1, -0.05) is 78.9 Å². The fourth-order valence-corrected chi connectivity index (χ4v) is 7.46. The summed E-state index contributed by atoms with van der Waals surface area (Å²) in [7, 11) is -3.69. The minimum atomic E-state index is -3.69. The molecule has 2 saturated heterocycles. The number of hydrogen-bond donors (Lipinski definition) is 1. The first-order chi connectivity index (χ1) is 25.2. The van der Waals surface area contributed by atoms with Crippen molar-refractivity contribution in [3.63, 3.8) is 0 Å². The number of carbonyl (C=O) groups excluding carboxylic acids is 2. The largest absolute Gasteiger partial charge is 0.378 e. The lowest BCUT2D eigenvalue weighted by Crippen LogP contribution is -2.55. The summed E-state index contributed by atoms with van der Waals surface area (Å²) >= 11 is 0. The van der Waals surface area contributed by atoms with Gasteiger partial charge in [-0.25, -0.2) is 18.1 Å². The van der Waals surface area contributed by atoms with Gasteiger partial charge in [0.25, 0.3) is 11.8 Å². The number of aromatic nitrogens is 2. The van der Waals surface area contributed by atoms with E-state index in [0.717, 1.165) is 54.1 Å². The highest BCUT2D eigenvalue weighted by atomic mass is 32.2. The molecule has 0 unspecified atom stereocenters. The Bertz CT molecular complexity index is 2120. The van der Waals surface area contributed by atoms with Crippen molar-refractivity contribution >= 4 is 27.5 Å². The number of rotatable bonds is 10. The molecule has 0 saturated carbocycles. The van der Waals surface area contributed by atoms with Gasteiger partial charge in [-0.15, -0.1) is 0 Å². The van der Waals surface area contributed by atoms with Crippen molar-refractivity contribution in [2.75, 3.05) is 57.1 Å². The van der Waals surface area contributed by atoms with E-state index in [2.05, 4.69) is 34.1 Å². The van der Waals surface area contributed by atoms with Crippen LogP contribution >= 0.6 is 0 Å². The normalized spacial score (nSPS) is 16.8. The second-order valence-corrected chi connectivity index (χ2v) is 15.0. The third kappa shape index (κ3) is 8.25. The molecule has 5 aromatic rings. The van der Waals surface area contributed by atoms with Crippen LogP contribution in [0.4, 0.5) is 5.69 Å². The molecule has 268 valence electrons. The number of imidazole rings is 1. The molecule has 0 bridgehead atoms. The molecule has 4 aromatic carbocycles. The van der Waals surface area contributed by atoms with Crippen LogP contribution in [0.2, 0.25) is 0 Å². The molecular weight excluding hydrogens is 677 g/mol. The van der Waals surface area contributed by atoms with E-state index in [4.69, 9.17) is 9.72 Å². The molecule has 2 aliphatic rings. The van der Waals surface area contributed by atoms with Crippen LogP contribution in [0.3, 0.4) is 0 Å². The Balaban J connectivity index is 1.20. The number of sulfonamides is 1. The molecular formula is C40H42N6O5S. The zero-order valence-corrected chi connectivity index (χ0v) is 29.9. The van der Waals surface area contributed by atoms with Crippen LogP contribution in [0.15, 0.2) is 116 Å². The van der Waals surface area contributed by atoms with Crippen LogP contribution in [0, 0.1) is 0 Å². The molecule has 1 N–H and O–H groups in total. The number of carbonyl (C=O) groups is 2. The topological polar surface area (TPSA) is 117 Å². The van der Waals surface area contributed by atoms with Gasteiger partial charge >= 0.3 is 0 Å². The second kappa shape index (κ2) is 15.5. The number of ether oxygens (including phenoxy) is 1. The summed E-state index contributed by atoms with van der Waals surface area (Å²) in [5, 5.41) is 0. The van der Waals surface area contributed by atoms with Gasteiger partial charge in [0.2, 0.25) is 10.0 Å². The average Bonchev–Trinajstić information content (AvgIpc) is 3.61. The quantitative estimate of drug-likeness (QED) is 0.222. The van der Waals surface area contributed by atoms with Gasteiger partial charge in [0.1, 0.15) is 6.33 Å². The van der Waals surface area contributed by atoms with Gasteiger partial charge in [-0.3, -0.25) is 19.1 Å². The monoisotopic (exact) mass is 718 g/mol. The molecule has 1 atom stereocenters. The van der Waals surface area contributed by atoms with Crippen molar-refractivity contribution in [1.82, 2.24) is 24.1 Å². The Morgan fingerprint density at radius 2 is 1.50 bits per heavy atom. The molecule has 2 aliphatic heterocycles. The number of benzene rings is 4. The van der Waals surface area contributed by atoms with Crippen molar-refractivity contribution in [3.05, 3.63) is 138 Å². The van der Waals surface area contributed by atoms with Gasteiger partial charge in [-0.2, -0.15) is 0 Å². The van der Waals surface area contributed by atoms with Crippen LogP contribution in [-0.4, -0.2) is 97.8 Å². The van der Waals surface area contributed by atoms with E-state index in [0.29, 0.717) is 45.0 Å². The average molecular weight is 719 g/mol. The van der Waals surface area contributed by atoms with E-state index in [9.17, 15) is 18.0 Å². The molecule has 11 nitrogen and oxygen atoms in total. The Morgan fingerprint density at radius 1 is 0.808 bits per heavy atom. The lowest BCUT2D eigenvalue weighted by molar-refractivity contribution is 0.0434. The van der Waals surface area contributed by atoms with E-state index in [1.165, 1.54) is 5.56 Å². The summed E-state index contributed by atoms with van der Waals surface area (Å²) in [6.07, 6.45) is 3.23. The van der Waals surface area contributed by atoms with Crippen LogP contribution in [0.5, 0.6) is 0 Å². The summed E-state index contributed by atoms with van der Waals surface area (Å²) in [5.74, 6) is -0.826. The number of anilines is 1. The summed E-state index contributed by atoms with van der Waals surface area (Å²) < 4.78 is 32.8. The third-order valence-corrected chi connectivity index (χ3v) is 10.1. The first-order valence-corrected chi connectivity index (χ1v) is 19.4. The summed E-state index contributed by atoms with van der Waals surface area (Å²) in [5.41, 5.74) is 6.39. The van der Waals surface area contributed by atoms with Crippen molar-refractivity contribution < 1.29 is 22.7 Å². The van der Waals surface area contributed by atoms with Crippen LogP contribution in [-0.2, 0) is 27.7 Å². The number of nitrogens with zero attached hydrogens (tertiary/aromatic N) is 5. The molecule has 7 rings (SSSR count). The van der Waals surface area contributed by atoms with Crippen molar-refractivity contribution in [3.8, 4) is 16.9 Å². The predicted molar refractivity (Wildman–Crippen MR) is 201 cm³/mol. The van der Waals surface area contributed by atoms with Gasteiger partial charge in [0.05, 0.1) is 25.2 Å². The van der Waals surface area contributed by atoms with Crippen molar-refractivity contribution in [1.29, 1.82) is 0 Å². The first kappa shape index (κ1) is 35.1. The zero-order valence-electron chi connectivity index (χ0n) is 29.1. The minimum Gasteiger partial charge on any atom is -0.378 e. The Labute approximate surface area is 304 Å². The highest BCUT2D eigenvalue weighted by Crippen LogP contribution is 2.31. The standard InChI is InChI=1S/C40H42N6O5S/c1-52(49,50)42-39(47)33-17-15-30(16-18-33)25-36-28-43(27-31-9-4-2-5-10-31)19-20-45(36)40(48)37-38(32-11-6-3-7-12-32)46(29-41-37)35-14-8-13-34(26-35)44-21-23-51-24-22-44/h2-18,26,29,36H,19-25,27-28H2,1H3,(H,42,47)/t36-/m1/s1. The maximum atomic E-state index is 14.8. The minimum absolute atomic E-state index is 0.143. The summed E-state index contributed by atoms with van der Waals surface area (Å²) in [6, 6.07) is 35.2. The van der Waals surface area contributed by atoms with Gasteiger partial charge < -0.3 is 14.5 Å². The van der Waals surface area contributed by atoms with Gasteiger partial charge in [0, 0.05) is 67.8 Å². The number of amides is 2. The van der Waals surface area contributed by atoms with Crippen LogP contribution in [0.1, 0.15) is 32.0 Å². The van der Waals surface area contributed by atoms with E-state index in [1.807, 2.05) is 87.0 Å². The van der Waals surface area contributed by atoms with E-state index in [-0.39, 0.29) is 17.5 Å². The number of piperazine rings is 1. The van der Waals surface area contributed by atoms with E-state index >= 15 is 0 Å². The number of hydrogen-bond acceptors (Lipinski definition) is 8. The highest BCUT2D eigenvalue weighted by molar-refractivity contribution is 7.89.